The Bertz CT molecular complexity index is 836. The van der Waals surface area contributed by atoms with Gasteiger partial charge in [-0.1, -0.05) is 30.3 Å². The lowest BCUT2D eigenvalue weighted by Crippen LogP contribution is -2.12. The number of amides is 1. The molecule has 0 saturated carbocycles. The number of hydrogen-bond donors (Lipinski definition) is 1. The Hall–Kier alpha value is -2.66. The number of benzene rings is 2. The molecule has 126 valence electrons. The Labute approximate surface area is 155 Å². The van der Waals surface area contributed by atoms with Crippen LogP contribution in [0.5, 0.6) is 5.75 Å². The molecule has 1 heterocycles. The first-order valence-corrected chi connectivity index (χ1v) is 8.70. The summed E-state index contributed by atoms with van der Waals surface area (Å²) in [6.07, 6.45) is 2.44. The Morgan fingerprint density at radius 1 is 1.04 bits per heavy atom. The number of halogens is 1. The molecule has 3 aromatic rings. The molecule has 0 aliphatic rings. The van der Waals surface area contributed by atoms with Gasteiger partial charge in [0.2, 0.25) is 0 Å². The fourth-order valence-electron chi connectivity index (χ4n) is 2.31. The van der Waals surface area contributed by atoms with Crippen molar-refractivity contribution < 1.29 is 9.53 Å². The number of nitrogens with zero attached hydrogens (tertiary/aromatic N) is 1. The van der Waals surface area contributed by atoms with E-state index in [1.54, 1.807) is 18.3 Å². The van der Waals surface area contributed by atoms with Crippen LogP contribution in [0.3, 0.4) is 0 Å². The van der Waals surface area contributed by atoms with Gasteiger partial charge < -0.3 is 10.1 Å². The Balaban J connectivity index is 1.52. The topological polar surface area (TPSA) is 51.2 Å². The first-order chi connectivity index (χ1) is 12.2. The summed E-state index contributed by atoms with van der Waals surface area (Å²) in [4.78, 5) is 16.2. The smallest absolute Gasteiger partial charge is 0.255 e. The summed E-state index contributed by atoms with van der Waals surface area (Å²) in [6.45, 7) is 0.612. The van der Waals surface area contributed by atoms with Gasteiger partial charge in [0.1, 0.15) is 10.4 Å². The van der Waals surface area contributed by atoms with Crippen molar-refractivity contribution in [1.82, 2.24) is 4.98 Å². The Morgan fingerprint density at radius 2 is 1.80 bits per heavy atom. The van der Waals surface area contributed by atoms with E-state index in [2.05, 4.69) is 38.4 Å². The lowest BCUT2D eigenvalue weighted by atomic mass is 10.2. The van der Waals surface area contributed by atoms with E-state index in [0.717, 1.165) is 12.2 Å². The molecule has 1 amide bonds. The molecule has 25 heavy (non-hydrogen) atoms. The summed E-state index contributed by atoms with van der Waals surface area (Å²) in [6, 6.07) is 20.9. The molecule has 0 spiro atoms. The van der Waals surface area contributed by atoms with Crippen molar-refractivity contribution in [1.29, 1.82) is 0 Å². The molecule has 4 nitrogen and oxygen atoms in total. The molecule has 5 heteroatoms. The number of carbonyl (C=O) groups is 1. The third-order valence-electron chi connectivity index (χ3n) is 3.60. The van der Waals surface area contributed by atoms with Crippen LogP contribution < -0.4 is 10.1 Å². The highest BCUT2D eigenvalue weighted by Crippen LogP contribution is 2.17. The minimum Gasteiger partial charge on any atom is -0.493 e. The standard InChI is InChI=1S/C20H17BrN2O2/c21-19-14-16(10-12-22-19)20(24)23-17-6-8-18(9-7-17)25-13-11-15-4-2-1-3-5-15/h1-10,12,14H,11,13H2,(H,23,24). The first kappa shape index (κ1) is 17.2. The van der Waals surface area contributed by atoms with Crippen LogP contribution in [0.2, 0.25) is 0 Å². The van der Waals surface area contributed by atoms with Crippen LogP contribution in [0.4, 0.5) is 5.69 Å². The maximum absolute atomic E-state index is 12.2. The molecule has 0 aliphatic heterocycles. The monoisotopic (exact) mass is 396 g/mol. The fraction of sp³-hybridized carbons (Fsp3) is 0.100. The summed E-state index contributed by atoms with van der Waals surface area (Å²) < 4.78 is 6.37. The van der Waals surface area contributed by atoms with Crippen molar-refractivity contribution in [3.8, 4) is 5.75 Å². The number of rotatable bonds is 6. The quantitative estimate of drug-likeness (QED) is 0.613. The zero-order valence-corrected chi connectivity index (χ0v) is 15.1. The highest BCUT2D eigenvalue weighted by molar-refractivity contribution is 9.10. The molecule has 0 bridgehead atoms. The molecule has 0 fully saturated rings. The van der Waals surface area contributed by atoms with Gasteiger partial charge in [-0.2, -0.15) is 0 Å². The average Bonchev–Trinajstić information content (AvgIpc) is 2.64. The van der Waals surface area contributed by atoms with Gasteiger partial charge in [-0.3, -0.25) is 4.79 Å². The predicted molar refractivity (Wildman–Crippen MR) is 102 cm³/mol. The zero-order chi connectivity index (χ0) is 17.5. The predicted octanol–water partition coefficient (Wildman–Crippen LogP) is 4.72. The van der Waals surface area contributed by atoms with Crippen molar-refractivity contribution in [2.75, 3.05) is 11.9 Å². The number of anilines is 1. The van der Waals surface area contributed by atoms with Crippen LogP contribution in [-0.4, -0.2) is 17.5 Å². The highest BCUT2D eigenvalue weighted by atomic mass is 79.9. The molecular formula is C20H17BrN2O2. The SMILES string of the molecule is O=C(Nc1ccc(OCCc2ccccc2)cc1)c1ccnc(Br)c1. The van der Waals surface area contributed by atoms with Gasteiger partial charge in [-0.05, 0) is 57.9 Å². The third-order valence-corrected chi connectivity index (χ3v) is 4.04. The maximum atomic E-state index is 12.2. The largest absolute Gasteiger partial charge is 0.493 e. The second-order valence-corrected chi connectivity index (χ2v) is 6.24. The molecular weight excluding hydrogens is 380 g/mol. The summed E-state index contributed by atoms with van der Waals surface area (Å²) in [5.74, 6) is 0.599. The van der Waals surface area contributed by atoms with Crippen molar-refractivity contribution in [3.63, 3.8) is 0 Å². The molecule has 0 radical (unpaired) electrons. The van der Waals surface area contributed by atoms with Crippen molar-refractivity contribution >= 4 is 27.5 Å². The van der Waals surface area contributed by atoms with Gasteiger partial charge in [0, 0.05) is 23.9 Å². The van der Waals surface area contributed by atoms with Gasteiger partial charge in [0.25, 0.3) is 5.91 Å². The number of ether oxygens (including phenoxy) is 1. The summed E-state index contributed by atoms with van der Waals surface area (Å²) in [5, 5.41) is 2.85. The molecule has 0 atom stereocenters. The average molecular weight is 397 g/mol. The number of nitrogens with one attached hydrogen (secondary N) is 1. The molecule has 1 N–H and O–H groups in total. The Morgan fingerprint density at radius 3 is 2.52 bits per heavy atom. The number of carbonyl (C=O) groups excluding carboxylic acids is 1. The molecule has 1 aromatic heterocycles. The second-order valence-electron chi connectivity index (χ2n) is 5.43. The molecule has 0 unspecified atom stereocenters. The van der Waals surface area contributed by atoms with Crippen LogP contribution >= 0.6 is 15.9 Å². The number of hydrogen-bond acceptors (Lipinski definition) is 3. The first-order valence-electron chi connectivity index (χ1n) is 7.90. The maximum Gasteiger partial charge on any atom is 0.255 e. The number of aromatic nitrogens is 1. The van der Waals surface area contributed by atoms with Gasteiger partial charge in [-0.15, -0.1) is 0 Å². The third kappa shape index (κ3) is 5.16. The molecule has 0 aliphatic carbocycles. The zero-order valence-electron chi connectivity index (χ0n) is 13.5. The van der Waals surface area contributed by atoms with Gasteiger partial charge >= 0.3 is 0 Å². The van der Waals surface area contributed by atoms with E-state index in [4.69, 9.17) is 4.74 Å². The second kappa shape index (κ2) is 8.44. The van der Waals surface area contributed by atoms with Crippen molar-refractivity contribution in [3.05, 3.63) is 88.7 Å². The van der Waals surface area contributed by atoms with E-state index in [9.17, 15) is 4.79 Å². The van der Waals surface area contributed by atoms with E-state index in [0.29, 0.717) is 22.5 Å². The minimum absolute atomic E-state index is 0.180. The molecule has 2 aromatic carbocycles. The minimum atomic E-state index is -0.180. The Kier molecular flexibility index (Phi) is 5.80. The van der Waals surface area contributed by atoms with Gasteiger partial charge in [0.05, 0.1) is 6.61 Å². The summed E-state index contributed by atoms with van der Waals surface area (Å²) >= 11 is 3.26. The summed E-state index contributed by atoms with van der Waals surface area (Å²) in [5.41, 5.74) is 2.51. The van der Waals surface area contributed by atoms with Crippen LogP contribution in [0.25, 0.3) is 0 Å². The van der Waals surface area contributed by atoms with Crippen molar-refractivity contribution in [2.45, 2.75) is 6.42 Å². The van der Waals surface area contributed by atoms with Crippen LogP contribution in [0.15, 0.2) is 77.5 Å². The lowest BCUT2D eigenvalue weighted by Gasteiger charge is -2.09. The van der Waals surface area contributed by atoms with E-state index in [1.807, 2.05) is 42.5 Å². The normalized spacial score (nSPS) is 10.3. The van der Waals surface area contributed by atoms with Crippen LogP contribution in [0.1, 0.15) is 15.9 Å². The van der Waals surface area contributed by atoms with E-state index >= 15 is 0 Å². The van der Waals surface area contributed by atoms with Gasteiger partial charge in [0.15, 0.2) is 0 Å². The lowest BCUT2D eigenvalue weighted by molar-refractivity contribution is 0.102. The summed E-state index contributed by atoms with van der Waals surface area (Å²) in [7, 11) is 0. The van der Waals surface area contributed by atoms with Crippen LogP contribution in [0, 0.1) is 0 Å². The van der Waals surface area contributed by atoms with Crippen molar-refractivity contribution in [2.24, 2.45) is 0 Å². The molecule has 3 rings (SSSR count). The van der Waals surface area contributed by atoms with Gasteiger partial charge in [-0.25, -0.2) is 4.98 Å². The highest BCUT2D eigenvalue weighted by Gasteiger charge is 2.07. The van der Waals surface area contributed by atoms with E-state index < -0.39 is 0 Å². The van der Waals surface area contributed by atoms with E-state index in [-0.39, 0.29) is 5.91 Å². The number of pyridine rings is 1. The van der Waals surface area contributed by atoms with Crippen LogP contribution in [-0.2, 0) is 6.42 Å². The molecule has 0 saturated heterocycles. The fourth-order valence-corrected chi connectivity index (χ4v) is 2.68. The van der Waals surface area contributed by atoms with E-state index in [1.165, 1.54) is 5.56 Å².